The zero-order valence-electron chi connectivity index (χ0n) is 9.29. The summed E-state index contributed by atoms with van der Waals surface area (Å²) in [5.41, 5.74) is 5.68. The monoisotopic (exact) mass is 287 g/mol. The van der Waals surface area contributed by atoms with E-state index >= 15 is 0 Å². The molecule has 1 fully saturated rings. The summed E-state index contributed by atoms with van der Waals surface area (Å²) in [4.78, 5) is 0. The molecule has 0 amide bonds. The normalized spacial score (nSPS) is 21.9. The van der Waals surface area contributed by atoms with E-state index < -0.39 is 6.10 Å². The molecule has 1 aromatic heterocycles. The van der Waals surface area contributed by atoms with Crippen molar-refractivity contribution in [2.75, 3.05) is 6.54 Å². The molecule has 2 rings (SSSR count). The Bertz CT molecular complexity index is 345. The molecule has 1 saturated carbocycles. The summed E-state index contributed by atoms with van der Waals surface area (Å²) in [6, 6.07) is 3.63. The van der Waals surface area contributed by atoms with Gasteiger partial charge in [0.15, 0.2) is 4.67 Å². The van der Waals surface area contributed by atoms with Crippen molar-refractivity contribution < 1.29 is 9.52 Å². The number of hydrogen-bond acceptors (Lipinski definition) is 3. The Kier molecular flexibility index (Phi) is 3.72. The average molecular weight is 288 g/mol. The van der Waals surface area contributed by atoms with Gasteiger partial charge in [0.25, 0.3) is 0 Å². The third-order valence-corrected chi connectivity index (χ3v) is 4.13. The summed E-state index contributed by atoms with van der Waals surface area (Å²) in [7, 11) is 0. The molecule has 1 unspecified atom stereocenters. The number of aliphatic hydroxyl groups excluding tert-OH is 1. The lowest BCUT2D eigenvalue weighted by Crippen LogP contribution is -2.38. The molecular formula is C12H18BrNO2. The highest BCUT2D eigenvalue weighted by Gasteiger charge is 2.40. The van der Waals surface area contributed by atoms with Crippen LogP contribution in [0, 0.1) is 5.41 Å². The lowest BCUT2D eigenvalue weighted by molar-refractivity contribution is -0.0136. The van der Waals surface area contributed by atoms with Gasteiger partial charge in [-0.05, 0) is 40.9 Å². The second kappa shape index (κ2) is 4.90. The number of rotatable bonds is 3. The Morgan fingerprint density at radius 3 is 2.56 bits per heavy atom. The Balaban J connectivity index is 2.20. The van der Waals surface area contributed by atoms with Crippen LogP contribution in [0.5, 0.6) is 0 Å². The van der Waals surface area contributed by atoms with E-state index in [1.165, 1.54) is 6.42 Å². The van der Waals surface area contributed by atoms with Crippen molar-refractivity contribution in [1.29, 1.82) is 0 Å². The number of furan rings is 1. The zero-order chi connectivity index (χ0) is 11.6. The molecule has 0 spiro atoms. The number of hydrogen-bond donors (Lipinski definition) is 2. The van der Waals surface area contributed by atoms with Gasteiger partial charge in [0.1, 0.15) is 11.9 Å². The van der Waals surface area contributed by atoms with Crippen molar-refractivity contribution in [1.82, 2.24) is 0 Å². The summed E-state index contributed by atoms with van der Waals surface area (Å²) >= 11 is 3.25. The minimum absolute atomic E-state index is 0.185. The summed E-state index contributed by atoms with van der Waals surface area (Å²) in [6.45, 7) is 0.520. The molecule has 1 aliphatic rings. The Morgan fingerprint density at radius 1 is 1.38 bits per heavy atom. The van der Waals surface area contributed by atoms with Gasteiger partial charge >= 0.3 is 0 Å². The van der Waals surface area contributed by atoms with E-state index in [1.54, 1.807) is 0 Å². The van der Waals surface area contributed by atoms with Gasteiger partial charge in [-0.3, -0.25) is 0 Å². The van der Waals surface area contributed by atoms with Crippen LogP contribution in [0.25, 0.3) is 0 Å². The first-order valence-corrected chi connectivity index (χ1v) is 6.61. The fourth-order valence-electron chi connectivity index (χ4n) is 2.62. The summed E-state index contributed by atoms with van der Waals surface area (Å²) < 4.78 is 6.09. The quantitative estimate of drug-likeness (QED) is 0.899. The third kappa shape index (κ3) is 2.19. The van der Waals surface area contributed by atoms with Crippen LogP contribution in [-0.4, -0.2) is 11.7 Å². The van der Waals surface area contributed by atoms with Gasteiger partial charge in [-0.25, -0.2) is 0 Å². The topological polar surface area (TPSA) is 59.4 Å². The Hall–Kier alpha value is -0.320. The van der Waals surface area contributed by atoms with E-state index in [0.717, 1.165) is 25.7 Å². The van der Waals surface area contributed by atoms with Crippen LogP contribution in [0.2, 0.25) is 0 Å². The molecule has 3 nitrogen and oxygen atoms in total. The summed E-state index contributed by atoms with van der Waals surface area (Å²) in [5, 5.41) is 10.4. The van der Waals surface area contributed by atoms with E-state index in [4.69, 9.17) is 10.2 Å². The standard InChI is InChI=1S/C12H18BrNO2/c13-10-5-4-9(16-10)11(15)12(8-14)6-2-1-3-7-12/h4-5,11,15H,1-3,6-8,14H2. The first-order chi connectivity index (χ1) is 7.68. The molecule has 4 heteroatoms. The van der Waals surface area contributed by atoms with Gasteiger partial charge in [0.05, 0.1) is 0 Å². The molecule has 0 saturated heterocycles. The average Bonchev–Trinajstić information content (AvgIpc) is 2.76. The first kappa shape index (κ1) is 12.1. The van der Waals surface area contributed by atoms with E-state index in [1.807, 2.05) is 12.1 Å². The third-order valence-electron chi connectivity index (χ3n) is 3.70. The molecule has 0 aliphatic heterocycles. The second-order valence-electron chi connectivity index (χ2n) is 4.67. The highest BCUT2D eigenvalue weighted by Crippen LogP contribution is 2.45. The molecule has 1 heterocycles. The maximum absolute atomic E-state index is 10.4. The highest BCUT2D eigenvalue weighted by molar-refractivity contribution is 9.10. The Labute approximate surface area is 104 Å². The fraction of sp³-hybridized carbons (Fsp3) is 0.667. The van der Waals surface area contributed by atoms with Crippen molar-refractivity contribution >= 4 is 15.9 Å². The lowest BCUT2D eigenvalue weighted by Gasteiger charge is -2.39. The van der Waals surface area contributed by atoms with Gasteiger partial charge in [0.2, 0.25) is 0 Å². The molecule has 0 aromatic carbocycles. The number of aliphatic hydroxyl groups is 1. The van der Waals surface area contributed by atoms with Crippen LogP contribution >= 0.6 is 15.9 Å². The van der Waals surface area contributed by atoms with Crippen molar-refractivity contribution in [3.63, 3.8) is 0 Å². The van der Waals surface area contributed by atoms with Crippen LogP contribution in [0.4, 0.5) is 0 Å². The second-order valence-corrected chi connectivity index (χ2v) is 5.45. The predicted octanol–water partition coefficient (Wildman–Crippen LogP) is 2.98. The minimum Gasteiger partial charge on any atom is -0.452 e. The number of nitrogens with two attached hydrogens (primary N) is 1. The van der Waals surface area contributed by atoms with Gasteiger partial charge in [-0.1, -0.05) is 19.3 Å². The first-order valence-electron chi connectivity index (χ1n) is 5.81. The van der Waals surface area contributed by atoms with Crippen molar-refractivity contribution in [2.24, 2.45) is 11.1 Å². The van der Waals surface area contributed by atoms with E-state index in [-0.39, 0.29) is 5.41 Å². The van der Waals surface area contributed by atoms with Gasteiger partial charge in [-0.15, -0.1) is 0 Å². The maximum atomic E-state index is 10.4. The van der Waals surface area contributed by atoms with Gasteiger partial charge in [-0.2, -0.15) is 0 Å². The van der Waals surface area contributed by atoms with Gasteiger partial charge < -0.3 is 15.3 Å². The maximum Gasteiger partial charge on any atom is 0.169 e. The largest absolute Gasteiger partial charge is 0.452 e. The molecule has 3 N–H and O–H groups in total. The van der Waals surface area contributed by atoms with Crippen LogP contribution in [0.1, 0.15) is 44.0 Å². The van der Waals surface area contributed by atoms with Crippen molar-refractivity contribution in [3.05, 3.63) is 22.6 Å². The molecule has 0 bridgehead atoms. The molecule has 0 radical (unpaired) electrons. The predicted molar refractivity (Wildman–Crippen MR) is 65.9 cm³/mol. The molecule has 1 atom stereocenters. The van der Waals surface area contributed by atoms with E-state index in [9.17, 15) is 5.11 Å². The summed E-state index contributed by atoms with van der Waals surface area (Å²) in [5.74, 6) is 0.624. The fourth-order valence-corrected chi connectivity index (χ4v) is 2.94. The highest BCUT2D eigenvalue weighted by atomic mass is 79.9. The van der Waals surface area contributed by atoms with E-state index in [2.05, 4.69) is 15.9 Å². The smallest absolute Gasteiger partial charge is 0.169 e. The SMILES string of the molecule is NCC1(C(O)c2ccc(Br)o2)CCCCC1. The van der Waals surface area contributed by atoms with Crippen molar-refractivity contribution in [2.45, 2.75) is 38.2 Å². The molecule has 90 valence electrons. The van der Waals surface area contributed by atoms with Crippen LogP contribution in [0.15, 0.2) is 21.2 Å². The van der Waals surface area contributed by atoms with Crippen LogP contribution < -0.4 is 5.73 Å². The Morgan fingerprint density at radius 2 is 2.06 bits per heavy atom. The molecular weight excluding hydrogens is 270 g/mol. The molecule has 1 aromatic rings. The van der Waals surface area contributed by atoms with Crippen molar-refractivity contribution in [3.8, 4) is 0 Å². The minimum atomic E-state index is -0.580. The van der Waals surface area contributed by atoms with Gasteiger partial charge in [0, 0.05) is 12.0 Å². The number of halogens is 1. The van der Waals surface area contributed by atoms with Crippen LogP contribution in [-0.2, 0) is 0 Å². The lowest BCUT2D eigenvalue weighted by atomic mass is 9.69. The van der Waals surface area contributed by atoms with E-state index in [0.29, 0.717) is 17.0 Å². The molecule has 16 heavy (non-hydrogen) atoms. The zero-order valence-corrected chi connectivity index (χ0v) is 10.9. The molecule has 1 aliphatic carbocycles. The summed E-state index contributed by atoms with van der Waals surface area (Å²) in [6.07, 6.45) is 4.94. The van der Waals surface area contributed by atoms with Crippen LogP contribution in [0.3, 0.4) is 0 Å².